The van der Waals surface area contributed by atoms with Crippen LogP contribution in [0, 0.1) is 0 Å². The lowest BCUT2D eigenvalue weighted by molar-refractivity contribution is 0.170. The van der Waals surface area contributed by atoms with Crippen molar-refractivity contribution in [1.29, 1.82) is 0 Å². The Bertz CT molecular complexity index is 485. The molecule has 1 saturated carbocycles. The molecule has 0 radical (unpaired) electrons. The number of nitrogens with zero attached hydrogens (tertiary/aromatic N) is 4. The van der Waals surface area contributed by atoms with Gasteiger partial charge in [0, 0.05) is 33.4 Å². The first-order chi connectivity index (χ1) is 11.1. The first-order valence-electron chi connectivity index (χ1n) is 8.53. The first kappa shape index (κ1) is 17.7. The van der Waals surface area contributed by atoms with E-state index in [2.05, 4.69) is 15.5 Å². The van der Waals surface area contributed by atoms with Crippen LogP contribution in [-0.2, 0) is 11.3 Å². The lowest BCUT2D eigenvalue weighted by atomic mass is 9.95. The summed E-state index contributed by atoms with van der Waals surface area (Å²) in [5.74, 6) is 0.784. The smallest absolute Gasteiger partial charge is 0.317 e. The third-order valence-electron chi connectivity index (χ3n) is 4.56. The molecule has 0 aliphatic heterocycles. The fourth-order valence-corrected chi connectivity index (χ4v) is 3.14. The summed E-state index contributed by atoms with van der Waals surface area (Å²) in [6.07, 6.45) is 8.52. The van der Waals surface area contributed by atoms with Gasteiger partial charge in [-0.15, -0.1) is 10.2 Å². The van der Waals surface area contributed by atoms with Gasteiger partial charge in [-0.05, 0) is 26.2 Å². The molecule has 0 bridgehead atoms. The van der Waals surface area contributed by atoms with E-state index in [-0.39, 0.29) is 12.1 Å². The average Bonchev–Trinajstić information content (AvgIpc) is 3.03. The third-order valence-corrected chi connectivity index (χ3v) is 4.56. The predicted molar refractivity (Wildman–Crippen MR) is 88.1 cm³/mol. The highest BCUT2D eigenvalue weighted by Gasteiger charge is 2.24. The van der Waals surface area contributed by atoms with Crippen molar-refractivity contribution in [2.24, 2.45) is 0 Å². The fourth-order valence-electron chi connectivity index (χ4n) is 3.14. The van der Waals surface area contributed by atoms with Gasteiger partial charge in [-0.1, -0.05) is 19.3 Å². The number of amides is 2. The van der Waals surface area contributed by atoms with E-state index in [0.717, 1.165) is 31.6 Å². The van der Waals surface area contributed by atoms with Gasteiger partial charge in [0.1, 0.15) is 6.33 Å². The summed E-state index contributed by atoms with van der Waals surface area (Å²) in [6.45, 7) is 3.43. The van der Waals surface area contributed by atoms with Gasteiger partial charge < -0.3 is 19.5 Å². The van der Waals surface area contributed by atoms with Gasteiger partial charge in [0.2, 0.25) is 0 Å². The quantitative estimate of drug-likeness (QED) is 0.782. The molecule has 0 aromatic carbocycles. The number of aryl methyl sites for hydroxylation is 1. The number of nitrogens with one attached hydrogen (secondary N) is 1. The van der Waals surface area contributed by atoms with Crippen molar-refractivity contribution < 1.29 is 9.53 Å². The number of hydrogen-bond acceptors (Lipinski definition) is 4. The largest absolute Gasteiger partial charge is 0.385 e. The molecule has 1 aliphatic carbocycles. The zero-order chi connectivity index (χ0) is 16.7. The van der Waals surface area contributed by atoms with Gasteiger partial charge in [-0.3, -0.25) is 0 Å². The van der Waals surface area contributed by atoms with Crippen molar-refractivity contribution in [3.05, 3.63) is 12.2 Å². The Hall–Kier alpha value is -1.63. The molecule has 1 N–H and O–H groups in total. The van der Waals surface area contributed by atoms with Crippen molar-refractivity contribution in [3.63, 3.8) is 0 Å². The third kappa shape index (κ3) is 4.92. The Morgan fingerprint density at radius 1 is 1.48 bits per heavy atom. The highest BCUT2D eigenvalue weighted by Crippen LogP contribution is 2.22. The van der Waals surface area contributed by atoms with Crippen LogP contribution in [0.15, 0.2) is 6.33 Å². The number of ether oxygens (including phenoxy) is 1. The van der Waals surface area contributed by atoms with E-state index in [1.54, 1.807) is 13.4 Å². The Morgan fingerprint density at radius 2 is 2.22 bits per heavy atom. The summed E-state index contributed by atoms with van der Waals surface area (Å²) in [5.41, 5.74) is 0. The summed E-state index contributed by atoms with van der Waals surface area (Å²) < 4.78 is 7.05. The molecule has 1 unspecified atom stereocenters. The van der Waals surface area contributed by atoms with Gasteiger partial charge in [0.25, 0.3) is 0 Å². The molecule has 130 valence electrons. The van der Waals surface area contributed by atoms with Crippen molar-refractivity contribution in [1.82, 2.24) is 25.0 Å². The Balaban J connectivity index is 1.89. The minimum atomic E-state index is -0.168. The van der Waals surface area contributed by atoms with Gasteiger partial charge in [-0.2, -0.15) is 0 Å². The minimum absolute atomic E-state index is 0.0316. The molecule has 23 heavy (non-hydrogen) atoms. The molecule has 1 aromatic rings. The van der Waals surface area contributed by atoms with Crippen LogP contribution < -0.4 is 5.32 Å². The number of rotatable bonds is 7. The minimum Gasteiger partial charge on any atom is -0.385 e. The molecular weight excluding hydrogens is 294 g/mol. The van der Waals surface area contributed by atoms with E-state index >= 15 is 0 Å². The van der Waals surface area contributed by atoms with Gasteiger partial charge in [0.05, 0.1) is 6.04 Å². The molecule has 0 saturated heterocycles. The number of methoxy groups -OCH3 is 1. The molecule has 0 spiro atoms. The number of aromatic nitrogens is 3. The van der Waals surface area contributed by atoms with Crippen molar-refractivity contribution in [3.8, 4) is 0 Å². The van der Waals surface area contributed by atoms with Crippen LogP contribution in [0.25, 0.3) is 0 Å². The fraction of sp³-hybridized carbons (Fsp3) is 0.812. The molecule has 1 heterocycles. The van der Waals surface area contributed by atoms with Crippen LogP contribution in [0.1, 0.15) is 57.3 Å². The van der Waals surface area contributed by atoms with E-state index in [0.29, 0.717) is 12.6 Å². The maximum atomic E-state index is 12.5. The Labute approximate surface area is 138 Å². The summed E-state index contributed by atoms with van der Waals surface area (Å²) >= 11 is 0. The van der Waals surface area contributed by atoms with E-state index in [9.17, 15) is 4.79 Å². The number of carbonyl (C=O) groups is 1. The Kier molecular flexibility index (Phi) is 6.83. The zero-order valence-electron chi connectivity index (χ0n) is 14.5. The van der Waals surface area contributed by atoms with E-state index in [1.807, 2.05) is 23.4 Å². The monoisotopic (exact) mass is 323 g/mol. The molecule has 2 amide bonds. The summed E-state index contributed by atoms with van der Waals surface area (Å²) in [5, 5.41) is 11.2. The summed E-state index contributed by atoms with van der Waals surface area (Å²) in [4.78, 5) is 14.3. The molecule has 1 fully saturated rings. The summed E-state index contributed by atoms with van der Waals surface area (Å²) in [6, 6.07) is 0.157. The molecule has 7 nitrogen and oxygen atoms in total. The van der Waals surface area contributed by atoms with Crippen LogP contribution in [0.4, 0.5) is 4.79 Å². The zero-order valence-corrected chi connectivity index (χ0v) is 14.5. The average molecular weight is 323 g/mol. The molecule has 1 aromatic heterocycles. The van der Waals surface area contributed by atoms with Crippen molar-refractivity contribution in [2.75, 3.05) is 20.8 Å². The van der Waals surface area contributed by atoms with Crippen LogP contribution in [-0.4, -0.2) is 52.5 Å². The van der Waals surface area contributed by atoms with E-state index < -0.39 is 0 Å². The van der Waals surface area contributed by atoms with Gasteiger partial charge in [0.15, 0.2) is 5.82 Å². The Morgan fingerprint density at radius 3 is 2.91 bits per heavy atom. The van der Waals surface area contributed by atoms with Crippen LogP contribution in [0.5, 0.6) is 0 Å². The van der Waals surface area contributed by atoms with Gasteiger partial charge >= 0.3 is 6.03 Å². The van der Waals surface area contributed by atoms with E-state index in [1.165, 1.54) is 19.3 Å². The maximum Gasteiger partial charge on any atom is 0.317 e. The normalized spacial score (nSPS) is 17.0. The molecule has 1 aliphatic rings. The second-order valence-electron chi connectivity index (χ2n) is 6.30. The molecule has 1 atom stereocenters. The topological polar surface area (TPSA) is 72.3 Å². The van der Waals surface area contributed by atoms with Crippen LogP contribution >= 0.6 is 0 Å². The maximum absolute atomic E-state index is 12.5. The highest BCUT2D eigenvalue weighted by molar-refractivity contribution is 5.74. The second kappa shape index (κ2) is 8.86. The van der Waals surface area contributed by atoms with Crippen molar-refractivity contribution >= 4 is 6.03 Å². The standard InChI is InChI=1S/C16H29N5O2/c1-13(15-19-17-12-21(15)10-7-11-23-3)18-16(22)20(2)14-8-5-4-6-9-14/h12-14H,4-11H2,1-3H3,(H,18,22). The predicted octanol–water partition coefficient (Wildman–Crippen LogP) is 2.35. The SMILES string of the molecule is COCCCn1cnnc1C(C)NC(=O)N(C)C1CCCCC1. The van der Waals surface area contributed by atoms with Crippen LogP contribution in [0.3, 0.4) is 0 Å². The highest BCUT2D eigenvalue weighted by atomic mass is 16.5. The van der Waals surface area contributed by atoms with Crippen molar-refractivity contribution in [2.45, 2.75) is 64.1 Å². The lowest BCUT2D eigenvalue weighted by Crippen LogP contribution is -2.45. The van der Waals surface area contributed by atoms with Crippen LogP contribution in [0.2, 0.25) is 0 Å². The number of carbonyl (C=O) groups excluding carboxylic acids is 1. The van der Waals surface area contributed by atoms with Gasteiger partial charge in [-0.25, -0.2) is 4.79 Å². The van der Waals surface area contributed by atoms with E-state index in [4.69, 9.17) is 4.74 Å². The number of hydrogen-bond donors (Lipinski definition) is 1. The molecule has 2 rings (SSSR count). The summed E-state index contributed by atoms with van der Waals surface area (Å²) in [7, 11) is 3.58. The number of urea groups is 1. The lowest BCUT2D eigenvalue weighted by Gasteiger charge is -2.32. The first-order valence-corrected chi connectivity index (χ1v) is 8.53. The molecule has 7 heteroatoms. The molecular formula is C16H29N5O2. The second-order valence-corrected chi connectivity index (χ2v) is 6.30.